The Morgan fingerprint density at radius 1 is 1.00 bits per heavy atom. The zero-order chi connectivity index (χ0) is 14.8. The minimum atomic E-state index is -0.477. The molecule has 3 rings (SSSR count). The number of hydrogen-bond donors (Lipinski definition) is 2. The monoisotopic (exact) mass is 278 g/mol. The minimum Gasteiger partial charge on any atom is -0.399 e. The van der Waals surface area contributed by atoms with E-state index in [0.29, 0.717) is 16.9 Å². The largest absolute Gasteiger partial charge is 0.399 e. The van der Waals surface area contributed by atoms with Gasteiger partial charge >= 0.3 is 0 Å². The fraction of sp³-hybridized carbons (Fsp3) is 0. The van der Waals surface area contributed by atoms with Gasteiger partial charge in [0, 0.05) is 17.4 Å². The lowest BCUT2D eigenvalue weighted by atomic mass is 10.1. The van der Waals surface area contributed by atoms with Gasteiger partial charge in [-0.15, -0.1) is 0 Å². The van der Waals surface area contributed by atoms with Crippen molar-refractivity contribution in [2.45, 2.75) is 0 Å². The molecule has 1 aromatic heterocycles. The summed E-state index contributed by atoms with van der Waals surface area (Å²) in [5, 5.41) is 4.31. The van der Waals surface area contributed by atoms with E-state index in [2.05, 4.69) is 5.10 Å². The van der Waals surface area contributed by atoms with Crippen LogP contribution in [0.5, 0.6) is 0 Å². The lowest BCUT2D eigenvalue weighted by molar-refractivity contribution is 0.1000. The van der Waals surface area contributed by atoms with Gasteiger partial charge in [0.15, 0.2) is 0 Å². The first-order valence-electron chi connectivity index (χ1n) is 6.45. The summed E-state index contributed by atoms with van der Waals surface area (Å²) in [6.45, 7) is 0. The second-order valence-electron chi connectivity index (χ2n) is 4.68. The molecule has 4 N–H and O–H groups in total. The molecule has 104 valence electrons. The Balaban J connectivity index is 2.03. The van der Waals surface area contributed by atoms with Crippen molar-refractivity contribution in [1.82, 2.24) is 9.78 Å². The third-order valence-electron chi connectivity index (χ3n) is 3.24. The molecular weight excluding hydrogens is 264 g/mol. The molecule has 21 heavy (non-hydrogen) atoms. The minimum absolute atomic E-state index is 0.435. The molecule has 3 aromatic rings. The number of para-hydroxylation sites is 1. The van der Waals surface area contributed by atoms with E-state index < -0.39 is 5.91 Å². The molecular formula is C16H14N4O. The third-order valence-corrected chi connectivity index (χ3v) is 3.24. The molecule has 0 bridgehead atoms. The maximum absolute atomic E-state index is 11.5. The lowest BCUT2D eigenvalue weighted by Gasteiger charge is -2.05. The van der Waals surface area contributed by atoms with E-state index >= 15 is 0 Å². The van der Waals surface area contributed by atoms with Crippen LogP contribution in [0.1, 0.15) is 10.4 Å². The highest BCUT2D eigenvalue weighted by Crippen LogP contribution is 2.22. The van der Waals surface area contributed by atoms with E-state index in [1.54, 1.807) is 29.1 Å². The van der Waals surface area contributed by atoms with Gasteiger partial charge in [-0.05, 0) is 29.8 Å². The quantitative estimate of drug-likeness (QED) is 0.720. The first-order valence-corrected chi connectivity index (χ1v) is 6.45. The number of primary amides is 1. The topological polar surface area (TPSA) is 86.9 Å². The number of carbonyl (C=O) groups is 1. The Hall–Kier alpha value is -3.08. The highest BCUT2D eigenvalue weighted by molar-refractivity contribution is 5.96. The predicted octanol–water partition coefficient (Wildman–Crippen LogP) is 2.22. The first kappa shape index (κ1) is 12.9. The van der Waals surface area contributed by atoms with Gasteiger partial charge in [0.2, 0.25) is 0 Å². The SMILES string of the molecule is NC(=O)c1ccccc1-n1cc(-c2ccc(N)cc2)cn1. The Kier molecular flexibility index (Phi) is 3.16. The second-order valence-corrected chi connectivity index (χ2v) is 4.68. The Bertz CT molecular complexity index is 790. The number of nitrogen functional groups attached to an aromatic ring is 1. The average molecular weight is 278 g/mol. The number of carbonyl (C=O) groups excluding carboxylic acids is 1. The van der Waals surface area contributed by atoms with Crippen molar-refractivity contribution >= 4 is 11.6 Å². The standard InChI is InChI=1S/C16H14N4O/c17-13-7-5-11(6-8-13)12-9-19-20(10-12)15-4-2-1-3-14(15)16(18)21/h1-10H,17H2,(H2,18,21). The number of amides is 1. The molecule has 0 spiro atoms. The number of nitrogens with zero attached hydrogens (tertiary/aromatic N) is 2. The highest BCUT2D eigenvalue weighted by atomic mass is 16.1. The van der Waals surface area contributed by atoms with E-state index in [4.69, 9.17) is 11.5 Å². The number of aromatic nitrogens is 2. The molecule has 5 nitrogen and oxygen atoms in total. The number of hydrogen-bond acceptors (Lipinski definition) is 3. The Labute approximate surface area is 121 Å². The van der Waals surface area contributed by atoms with E-state index in [0.717, 1.165) is 11.1 Å². The average Bonchev–Trinajstić information content (AvgIpc) is 2.97. The van der Waals surface area contributed by atoms with Crippen LogP contribution in [0.2, 0.25) is 0 Å². The maximum atomic E-state index is 11.5. The zero-order valence-corrected chi connectivity index (χ0v) is 11.2. The van der Waals surface area contributed by atoms with Crippen molar-refractivity contribution in [3.05, 3.63) is 66.5 Å². The summed E-state index contributed by atoms with van der Waals surface area (Å²) in [7, 11) is 0. The summed E-state index contributed by atoms with van der Waals surface area (Å²) in [4.78, 5) is 11.5. The van der Waals surface area contributed by atoms with Crippen LogP contribution < -0.4 is 11.5 Å². The van der Waals surface area contributed by atoms with Crippen molar-refractivity contribution in [3.8, 4) is 16.8 Å². The molecule has 0 aliphatic heterocycles. The lowest BCUT2D eigenvalue weighted by Crippen LogP contribution is -2.14. The fourth-order valence-corrected chi connectivity index (χ4v) is 2.16. The van der Waals surface area contributed by atoms with Crippen molar-refractivity contribution in [1.29, 1.82) is 0 Å². The highest BCUT2D eigenvalue weighted by Gasteiger charge is 2.10. The van der Waals surface area contributed by atoms with Crippen molar-refractivity contribution < 1.29 is 4.79 Å². The molecule has 2 aromatic carbocycles. The summed E-state index contributed by atoms with van der Waals surface area (Å²) >= 11 is 0. The van der Waals surface area contributed by atoms with Crippen LogP contribution in [-0.2, 0) is 0 Å². The number of anilines is 1. The molecule has 0 aliphatic rings. The second kappa shape index (κ2) is 5.13. The number of benzene rings is 2. The molecule has 0 unspecified atom stereocenters. The normalized spacial score (nSPS) is 10.5. The van der Waals surface area contributed by atoms with Gasteiger partial charge in [-0.2, -0.15) is 5.10 Å². The summed E-state index contributed by atoms with van der Waals surface area (Å²) in [5.41, 5.74) is 14.8. The smallest absolute Gasteiger partial charge is 0.250 e. The van der Waals surface area contributed by atoms with Gasteiger partial charge in [-0.25, -0.2) is 4.68 Å². The van der Waals surface area contributed by atoms with Gasteiger partial charge in [0.05, 0.1) is 17.4 Å². The summed E-state index contributed by atoms with van der Waals surface area (Å²) in [6.07, 6.45) is 3.59. The van der Waals surface area contributed by atoms with E-state index in [1.165, 1.54) is 0 Å². The molecule has 1 amide bonds. The van der Waals surface area contributed by atoms with Gasteiger partial charge in [0.1, 0.15) is 0 Å². The summed E-state index contributed by atoms with van der Waals surface area (Å²) in [5.74, 6) is -0.477. The van der Waals surface area contributed by atoms with Gasteiger partial charge in [-0.3, -0.25) is 4.79 Å². The first-order chi connectivity index (χ1) is 10.1. The van der Waals surface area contributed by atoms with Gasteiger partial charge in [-0.1, -0.05) is 24.3 Å². The molecule has 0 fully saturated rings. The molecule has 5 heteroatoms. The molecule has 0 radical (unpaired) electrons. The van der Waals surface area contributed by atoms with Crippen LogP contribution in [0.15, 0.2) is 60.9 Å². The zero-order valence-electron chi connectivity index (χ0n) is 11.2. The maximum Gasteiger partial charge on any atom is 0.250 e. The van der Waals surface area contributed by atoms with Crippen molar-refractivity contribution in [2.24, 2.45) is 5.73 Å². The van der Waals surface area contributed by atoms with E-state index in [1.807, 2.05) is 36.5 Å². The summed E-state index contributed by atoms with van der Waals surface area (Å²) < 4.78 is 1.64. The molecule has 0 saturated heterocycles. The van der Waals surface area contributed by atoms with Gasteiger partial charge in [0.25, 0.3) is 5.91 Å². The van der Waals surface area contributed by atoms with E-state index in [9.17, 15) is 4.79 Å². The van der Waals surface area contributed by atoms with Crippen LogP contribution in [-0.4, -0.2) is 15.7 Å². The Morgan fingerprint density at radius 3 is 2.43 bits per heavy atom. The van der Waals surface area contributed by atoms with Crippen LogP contribution >= 0.6 is 0 Å². The summed E-state index contributed by atoms with van der Waals surface area (Å²) in [6, 6.07) is 14.6. The number of rotatable bonds is 3. The molecule has 1 heterocycles. The predicted molar refractivity (Wildman–Crippen MR) is 81.9 cm³/mol. The van der Waals surface area contributed by atoms with E-state index in [-0.39, 0.29) is 0 Å². The fourth-order valence-electron chi connectivity index (χ4n) is 2.16. The van der Waals surface area contributed by atoms with Crippen molar-refractivity contribution in [2.75, 3.05) is 5.73 Å². The molecule has 0 saturated carbocycles. The van der Waals surface area contributed by atoms with Gasteiger partial charge < -0.3 is 11.5 Å². The van der Waals surface area contributed by atoms with Crippen LogP contribution in [0, 0.1) is 0 Å². The van der Waals surface area contributed by atoms with Crippen molar-refractivity contribution in [3.63, 3.8) is 0 Å². The van der Waals surface area contributed by atoms with Crippen LogP contribution in [0.25, 0.3) is 16.8 Å². The third kappa shape index (κ3) is 2.49. The number of nitrogens with two attached hydrogens (primary N) is 2. The molecule has 0 atom stereocenters. The molecule has 0 aliphatic carbocycles. The van der Waals surface area contributed by atoms with Crippen LogP contribution in [0.4, 0.5) is 5.69 Å². The Morgan fingerprint density at radius 2 is 1.71 bits per heavy atom. The van der Waals surface area contributed by atoms with Crippen LogP contribution in [0.3, 0.4) is 0 Å².